The van der Waals surface area contributed by atoms with E-state index < -0.39 is 0 Å². The number of carbonyl (C=O) groups excluding carboxylic acids is 1. The van der Waals surface area contributed by atoms with E-state index in [0.717, 1.165) is 22.2 Å². The fraction of sp³-hybridized carbons (Fsp3) is 0.308. The summed E-state index contributed by atoms with van der Waals surface area (Å²) < 4.78 is 0. The fourth-order valence-corrected chi connectivity index (χ4v) is 1.87. The molecule has 0 spiro atoms. The highest BCUT2D eigenvalue weighted by Gasteiger charge is 2.12. The standard InChI is InChI=1S/C13H16N2O/c1-9-11(8-13(16)15(2)3)10-6-4-5-7-12(10)14-9/h4-7,14H,8H2,1-3H3. The maximum absolute atomic E-state index is 11.7. The lowest BCUT2D eigenvalue weighted by atomic mass is 10.1. The van der Waals surface area contributed by atoms with Gasteiger partial charge in [-0.2, -0.15) is 0 Å². The number of nitrogens with one attached hydrogen (secondary N) is 1. The van der Waals surface area contributed by atoms with E-state index >= 15 is 0 Å². The molecule has 0 atom stereocenters. The van der Waals surface area contributed by atoms with Gasteiger partial charge in [0.25, 0.3) is 0 Å². The van der Waals surface area contributed by atoms with E-state index in [4.69, 9.17) is 0 Å². The molecular formula is C13H16N2O. The molecule has 0 aliphatic heterocycles. The highest BCUT2D eigenvalue weighted by Crippen LogP contribution is 2.22. The second-order valence-electron chi connectivity index (χ2n) is 4.24. The van der Waals surface area contributed by atoms with E-state index in [1.165, 1.54) is 0 Å². The Labute approximate surface area is 95.1 Å². The first-order valence-corrected chi connectivity index (χ1v) is 5.36. The zero-order valence-corrected chi connectivity index (χ0v) is 9.87. The molecule has 16 heavy (non-hydrogen) atoms. The number of carbonyl (C=O) groups is 1. The number of hydrogen-bond donors (Lipinski definition) is 1. The third-order valence-corrected chi connectivity index (χ3v) is 2.85. The van der Waals surface area contributed by atoms with E-state index in [9.17, 15) is 4.79 Å². The average Bonchev–Trinajstić information content (AvgIpc) is 2.55. The Bertz CT molecular complexity index is 526. The molecule has 1 aromatic carbocycles. The van der Waals surface area contributed by atoms with Crippen LogP contribution in [0.2, 0.25) is 0 Å². The first kappa shape index (κ1) is 10.7. The number of hydrogen-bond acceptors (Lipinski definition) is 1. The van der Waals surface area contributed by atoms with Crippen LogP contribution >= 0.6 is 0 Å². The van der Waals surface area contributed by atoms with Crippen molar-refractivity contribution in [3.63, 3.8) is 0 Å². The molecule has 1 amide bonds. The number of amides is 1. The lowest BCUT2D eigenvalue weighted by Crippen LogP contribution is -2.23. The van der Waals surface area contributed by atoms with Crippen LogP contribution in [0, 0.1) is 6.92 Å². The Morgan fingerprint density at radius 3 is 2.69 bits per heavy atom. The summed E-state index contributed by atoms with van der Waals surface area (Å²) in [6, 6.07) is 8.08. The summed E-state index contributed by atoms with van der Waals surface area (Å²) in [5.41, 5.74) is 3.28. The van der Waals surface area contributed by atoms with Crippen molar-refractivity contribution in [1.82, 2.24) is 9.88 Å². The number of aromatic amines is 1. The van der Waals surface area contributed by atoms with Gasteiger partial charge in [-0.05, 0) is 18.6 Å². The molecule has 1 heterocycles. The number of likely N-dealkylation sites (N-methyl/N-ethyl adjacent to an activating group) is 1. The van der Waals surface area contributed by atoms with Gasteiger partial charge >= 0.3 is 0 Å². The Kier molecular flexibility index (Phi) is 2.69. The predicted octanol–water partition coefficient (Wildman–Crippen LogP) is 2.11. The van der Waals surface area contributed by atoms with Crippen molar-refractivity contribution in [1.29, 1.82) is 0 Å². The van der Waals surface area contributed by atoms with Gasteiger partial charge in [-0.3, -0.25) is 4.79 Å². The van der Waals surface area contributed by atoms with E-state index in [0.29, 0.717) is 6.42 Å². The van der Waals surface area contributed by atoms with Crippen LogP contribution in [0.15, 0.2) is 24.3 Å². The molecule has 3 heteroatoms. The van der Waals surface area contributed by atoms with E-state index in [2.05, 4.69) is 11.1 Å². The average molecular weight is 216 g/mol. The van der Waals surface area contributed by atoms with Crippen molar-refractivity contribution in [3.05, 3.63) is 35.5 Å². The first-order valence-electron chi connectivity index (χ1n) is 5.36. The number of rotatable bonds is 2. The van der Waals surface area contributed by atoms with Crippen LogP contribution < -0.4 is 0 Å². The van der Waals surface area contributed by atoms with Gasteiger partial charge in [0.15, 0.2) is 0 Å². The van der Waals surface area contributed by atoms with Crippen molar-refractivity contribution in [3.8, 4) is 0 Å². The van der Waals surface area contributed by atoms with Gasteiger partial charge in [0.1, 0.15) is 0 Å². The van der Waals surface area contributed by atoms with Crippen molar-refractivity contribution in [2.45, 2.75) is 13.3 Å². The zero-order chi connectivity index (χ0) is 11.7. The molecule has 0 saturated carbocycles. The Morgan fingerprint density at radius 1 is 1.31 bits per heavy atom. The lowest BCUT2D eigenvalue weighted by molar-refractivity contribution is -0.127. The van der Waals surface area contributed by atoms with Gasteiger partial charge in [-0.15, -0.1) is 0 Å². The van der Waals surface area contributed by atoms with Crippen molar-refractivity contribution in [2.24, 2.45) is 0 Å². The molecule has 0 saturated heterocycles. The van der Waals surface area contributed by atoms with Crippen LogP contribution in [0.3, 0.4) is 0 Å². The topological polar surface area (TPSA) is 36.1 Å². The molecule has 0 bridgehead atoms. The largest absolute Gasteiger partial charge is 0.358 e. The van der Waals surface area contributed by atoms with Gasteiger partial charge in [0, 0.05) is 30.7 Å². The predicted molar refractivity (Wildman–Crippen MR) is 65.4 cm³/mol. The molecule has 0 fully saturated rings. The summed E-state index contributed by atoms with van der Waals surface area (Å²) in [7, 11) is 3.57. The number of para-hydroxylation sites is 1. The van der Waals surface area contributed by atoms with Crippen LogP contribution in [0.4, 0.5) is 0 Å². The molecule has 1 N–H and O–H groups in total. The van der Waals surface area contributed by atoms with E-state index in [1.54, 1.807) is 19.0 Å². The molecule has 3 nitrogen and oxygen atoms in total. The Hall–Kier alpha value is -1.77. The first-order chi connectivity index (χ1) is 7.59. The van der Waals surface area contributed by atoms with Crippen LogP contribution in [0.5, 0.6) is 0 Å². The van der Waals surface area contributed by atoms with E-state index in [-0.39, 0.29) is 5.91 Å². The zero-order valence-electron chi connectivity index (χ0n) is 9.87. The summed E-state index contributed by atoms with van der Waals surface area (Å²) in [6.07, 6.45) is 0.461. The highest BCUT2D eigenvalue weighted by molar-refractivity contribution is 5.89. The van der Waals surface area contributed by atoms with Crippen LogP contribution in [-0.4, -0.2) is 29.9 Å². The maximum atomic E-state index is 11.7. The van der Waals surface area contributed by atoms with Crippen LogP contribution in [0.1, 0.15) is 11.3 Å². The smallest absolute Gasteiger partial charge is 0.226 e. The second-order valence-corrected chi connectivity index (χ2v) is 4.24. The molecule has 0 aliphatic carbocycles. The lowest BCUT2D eigenvalue weighted by Gasteiger charge is -2.09. The van der Waals surface area contributed by atoms with Crippen molar-refractivity contribution < 1.29 is 4.79 Å². The molecule has 0 unspecified atom stereocenters. The summed E-state index contributed by atoms with van der Waals surface area (Å²) in [5, 5.41) is 1.15. The maximum Gasteiger partial charge on any atom is 0.226 e. The number of fused-ring (bicyclic) bond motifs is 1. The second kappa shape index (κ2) is 4.00. The number of benzene rings is 1. The molecule has 2 rings (SSSR count). The molecule has 2 aromatic rings. The third kappa shape index (κ3) is 1.81. The van der Waals surface area contributed by atoms with Gasteiger partial charge in [-0.1, -0.05) is 18.2 Å². The molecular weight excluding hydrogens is 200 g/mol. The van der Waals surface area contributed by atoms with Gasteiger partial charge in [0.2, 0.25) is 5.91 Å². The SMILES string of the molecule is Cc1[nH]c2ccccc2c1CC(=O)N(C)C. The number of aryl methyl sites for hydroxylation is 1. The van der Waals surface area contributed by atoms with Crippen molar-refractivity contribution >= 4 is 16.8 Å². The molecule has 0 aliphatic rings. The minimum Gasteiger partial charge on any atom is -0.358 e. The Morgan fingerprint density at radius 2 is 2.00 bits per heavy atom. The summed E-state index contributed by atoms with van der Waals surface area (Å²) >= 11 is 0. The van der Waals surface area contributed by atoms with Gasteiger partial charge in [0.05, 0.1) is 6.42 Å². The van der Waals surface area contributed by atoms with Gasteiger partial charge < -0.3 is 9.88 Å². The van der Waals surface area contributed by atoms with Gasteiger partial charge in [-0.25, -0.2) is 0 Å². The normalized spacial score (nSPS) is 10.7. The molecule has 0 radical (unpaired) electrons. The minimum absolute atomic E-state index is 0.132. The Balaban J connectivity index is 2.44. The summed E-state index contributed by atoms with van der Waals surface area (Å²) in [4.78, 5) is 16.6. The molecule has 84 valence electrons. The fourth-order valence-electron chi connectivity index (χ4n) is 1.87. The third-order valence-electron chi connectivity index (χ3n) is 2.85. The number of nitrogens with zero attached hydrogens (tertiary/aromatic N) is 1. The summed E-state index contributed by atoms with van der Waals surface area (Å²) in [6.45, 7) is 2.01. The van der Waals surface area contributed by atoms with Crippen LogP contribution in [-0.2, 0) is 11.2 Å². The monoisotopic (exact) mass is 216 g/mol. The minimum atomic E-state index is 0.132. The van der Waals surface area contributed by atoms with Crippen LogP contribution in [0.25, 0.3) is 10.9 Å². The van der Waals surface area contributed by atoms with Crippen molar-refractivity contribution in [2.75, 3.05) is 14.1 Å². The van der Waals surface area contributed by atoms with E-state index in [1.807, 2.05) is 25.1 Å². The summed E-state index contributed by atoms with van der Waals surface area (Å²) in [5.74, 6) is 0.132. The number of H-pyrrole nitrogens is 1. The highest BCUT2D eigenvalue weighted by atomic mass is 16.2. The number of aromatic nitrogens is 1. The quantitative estimate of drug-likeness (QED) is 0.820. The molecule has 1 aromatic heterocycles.